The first kappa shape index (κ1) is 23.3. The minimum atomic E-state index is -0.167. The van der Waals surface area contributed by atoms with Crippen molar-refractivity contribution in [2.24, 2.45) is 0 Å². The van der Waals surface area contributed by atoms with Crippen LogP contribution in [0.3, 0.4) is 0 Å². The molecule has 0 aliphatic carbocycles. The number of aliphatic hydroxyl groups is 3. The first-order chi connectivity index (χ1) is 5.20. The van der Waals surface area contributed by atoms with Gasteiger partial charge in [0.15, 0.2) is 0 Å². The van der Waals surface area contributed by atoms with Gasteiger partial charge < -0.3 is 15.3 Å². The van der Waals surface area contributed by atoms with E-state index < -0.39 is 0 Å². The van der Waals surface area contributed by atoms with Gasteiger partial charge in [0.1, 0.15) is 0 Å². The van der Waals surface area contributed by atoms with Crippen LogP contribution in [0.1, 0.15) is 41.5 Å². The van der Waals surface area contributed by atoms with Crippen LogP contribution in [0.5, 0.6) is 0 Å². The van der Waals surface area contributed by atoms with Crippen LogP contribution in [0, 0.1) is 0 Å². The monoisotopic (exact) mass is 232 g/mol. The fourth-order valence-electron chi connectivity index (χ4n) is 0. The number of aliphatic hydroxyl groups excluding tert-OH is 3. The first-order valence-electron chi connectivity index (χ1n) is 4.24. The number of hydrogen-bond acceptors (Lipinski definition) is 3. The van der Waals surface area contributed by atoms with Crippen LogP contribution in [0.15, 0.2) is 0 Å². The molecule has 84 valence electrons. The molecule has 0 aliphatic heterocycles. The Balaban J connectivity index is -0.0000000450. The van der Waals surface area contributed by atoms with Crippen molar-refractivity contribution in [2.75, 3.05) is 0 Å². The van der Waals surface area contributed by atoms with Gasteiger partial charge >= 0.3 is 0 Å². The summed E-state index contributed by atoms with van der Waals surface area (Å²) in [5, 5.41) is 24.2. The molecule has 0 aliphatic rings. The maximum Gasteiger partial charge on any atom is 0.0483 e. The molecule has 0 unspecified atom stereocenters. The van der Waals surface area contributed by atoms with Crippen LogP contribution < -0.4 is 0 Å². The first-order valence-corrected chi connectivity index (χ1v) is 4.24. The summed E-state index contributed by atoms with van der Waals surface area (Å²) >= 11 is 0. The van der Waals surface area contributed by atoms with E-state index in [1.54, 1.807) is 41.5 Å². The largest absolute Gasteiger partial charge is 0.394 e. The Morgan fingerprint density at radius 2 is 0.538 bits per heavy atom. The topological polar surface area (TPSA) is 60.7 Å². The van der Waals surface area contributed by atoms with Gasteiger partial charge in [-0.15, -0.1) is 0 Å². The molecule has 3 nitrogen and oxygen atoms in total. The number of rotatable bonds is 0. The minimum absolute atomic E-state index is 0. The van der Waals surface area contributed by atoms with Gasteiger partial charge in [-0.2, -0.15) is 0 Å². The van der Waals surface area contributed by atoms with Crippen molar-refractivity contribution in [1.82, 2.24) is 0 Å². The molecule has 0 aromatic heterocycles. The van der Waals surface area contributed by atoms with Gasteiger partial charge in [-0.1, -0.05) is 0 Å². The predicted molar refractivity (Wildman–Crippen MR) is 52.1 cm³/mol. The van der Waals surface area contributed by atoms with Crippen LogP contribution in [0.25, 0.3) is 0 Å². The molecule has 0 aromatic rings. The van der Waals surface area contributed by atoms with E-state index in [9.17, 15) is 0 Å². The van der Waals surface area contributed by atoms with Gasteiger partial charge in [-0.05, 0) is 41.5 Å². The Morgan fingerprint density at radius 3 is 0.538 bits per heavy atom. The van der Waals surface area contributed by atoms with Gasteiger partial charge in [-0.25, -0.2) is 0 Å². The molecule has 3 N–H and O–H groups in total. The molecule has 0 spiro atoms. The SMILES string of the molecule is CC(C)O.CC(C)O.CC(C)O.[Cr]. The Morgan fingerprint density at radius 1 is 0.538 bits per heavy atom. The van der Waals surface area contributed by atoms with E-state index in [-0.39, 0.29) is 35.7 Å². The van der Waals surface area contributed by atoms with Crippen molar-refractivity contribution in [3.8, 4) is 0 Å². The van der Waals surface area contributed by atoms with Crippen molar-refractivity contribution in [2.45, 2.75) is 59.9 Å². The van der Waals surface area contributed by atoms with Crippen LogP contribution in [-0.4, -0.2) is 33.6 Å². The van der Waals surface area contributed by atoms with Crippen LogP contribution >= 0.6 is 0 Å². The van der Waals surface area contributed by atoms with Gasteiger partial charge in [0.2, 0.25) is 0 Å². The zero-order chi connectivity index (χ0) is 10.7. The standard InChI is InChI=1S/3C3H8O.Cr/c3*1-3(2)4;/h3*3-4H,1-2H3;. The summed E-state index contributed by atoms with van der Waals surface area (Å²) in [6, 6.07) is 0. The molecule has 0 saturated carbocycles. The van der Waals surface area contributed by atoms with E-state index in [1.807, 2.05) is 0 Å². The Labute approximate surface area is 92.9 Å². The Hall–Kier alpha value is 0.412. The van der Waals surface area contributed by atoms with Gasteiger partial charge in [0, 0.05) is 35.7 Å². The third-order valence-electron chi connectivity index (χ3n) is 0. The molecule has 0 saturated heterocycles. The van der Waals surface area contributed by atoms with Crippen LogP contribution in [0.2, 0.25) is 0 Å². The Bertz CT molecular complexity index is 43.4. The summed E-state index contributed by atoms with van der Waals surface area (Å²) in [5.74, 6) is 0. The van der Waals surface area contributed by atoms with E-state index in [4.69, 9.17) is 15.3 Å². The van der Waals surface area contributed by atoms with Gasteiger partial charge in [0.05, 0.1) is 0 Å². The second-order valence-corrected chi connectivity index (χ2v) is 3.28. The molecule has 13 heavy (non-hydrogen) atoms. The van der Waals surface area contributed by atoms with E-state index in [2.05, 4.69) is 0 Å². The number of hydrogen-bond donors (Lipinski definition) is 3. The quantitative estimate of drug-likeness (QED) is 0.587. The van der Waals surface area contributed by atoms with Crippen LogP contribution in [0.4, 0.5) is 0 Å². The average molecular weight is 232 g/mol. The van der Waals surface area contributed by atoms with Crippen molar-refractivity contribution in [3.63, 3.8) is 0 Å². The molecular weight excluding hydrogens is 208 g/mol. The summed E-state index contributed by atoms with van der Waals surface area (Å²) in [6.45, 7) is 10.3. The summed E-state index contributed by atoms with van der Waals surface area (Å²) < 4.78 is 0. The molecule has 0 atom stereocenters. The molecule has 0 rings (SSSR count). The molecule has 0 aromatic carbocycles. The zero-order valence-corrected chi connectivity index (χ0v) is 10.8. The normalized spacial score (nSPS) is 8.31. The molecule has 0 fully saturated rings. The average Bonchev–Trinajstić information content (AvgIpc) is 1.54. The molecular formula is C9H24CrO3. The van der Waals surface area contributed by atoms with Crippen molar-refractivity contribution < 1.29 is 32.7 Å². The van der Waals surface area contributed by atoms with Gasteiger partial charge in [0.25, 0.3) is 0 Å². The maximum atomic E-state index is 8.06. The van der Waals surface area contributed by atoms with E-state index in [1.165, 1.54) is 0 Å². The van der Waals surface area contributed by atoms with E-state index >= 15 is 0 Å². The molecule has 0 radical (unpaired) electrons. The summed E-state index contributed by atoms with van der Waals surface area (Å²) in [7, 11) is 0. The van der Waals surface area contributed by atoms with E-state index in [0.29, 0.717) is 0 Å². The van der Waals surface area contributed by atoms with Crippen molar-refractivity contribution in [3.05, 3.63) is 0 Å². The smallest absolute Gasteiger partial charge is 0.0483 e. The second kappa shape index (κ2) is 18.2. The van der Waals surface area contributed by atoms with Gasteiger partial charge in [-0.3, -0.25) is 0 Å². The second-order valence-electron chi connectivity index (χ2n) is 3.28. The third-order valence-corrected chi connectivity index (χ3v) is 0. The zero-order valence-electron chi connectivity index (χ0n) is 9.48. The predicted octanol–water partition coefficient (Wildman–Crippen LogP) is 1.16. The molecule has 4 heteroatoms. The maximum absolute atomic E-state index is 8.06. The minimum Gasteiger partial charge on any atom is -0.394 e. The summed E-state index contributed by atoms with van der Waals surface area (Å²) in [4.78, 5) is 0. The molecule has 0 heterocycles. The van der Waals surface area contributed by atoms with Crippen molar-refractivity contribution >= 4 is 0 Å². The van der Waals surface area contributed by atoms with E-state index in [0.717, 1.165) is 0 Å². The fraction of sp³-hybridized carbons (Fsp3) is 1.00. The Kier molecular flexibility index (Phi) is 32.7. The molecule has 0 amide bonds. The summed E-state index contributed by atoms with van der Waals surface area (Å²) in [5.41, 5.74) is 0. The van der Waals surface area contributed by atoms with Crippen LogP contribution in [-0.2, 0) is 17.4 Å². The van der Waals surface area contributed by atoms with Crippen molar-refractivity contribution in [1.29, 1.82) is 0 Å². The molecule has 0 bridgehead atoms. The fourth-order valence-corrected chi connectivity index (χ4v) is 0. The summed E-state index contributed by atoms with van der Waals surface area (Å²) in [6.07, 6.45) is -0.500. The third kappa shape index (κ3) is 7910.